The Balaban J connectivity index is 1.37. The van der Waals surface area contributed by atoms with Gasteiger partial charge >= 0.3 is 11.8 Å². The van der Waals surface area contributed by atoms with Gasteiger partial charge in [-0.2, -0.15) is 0 Å². The van der Waals surface area contributed by atoms with Gasteiger partial charge in [0.15, 0.2) is 0 Å². The molecule has 0 spiro atoms. The molecule has 1 aliphatic rings. The molecule has 0 radical (unpaired) electrons. The summed E-state index contributed by atoms with van der Waals surface area (Å²) >= 11 is 0. The van der Waals surface area contributed by atoms with Gasteiger partial charge in [0.1, 0.15) is 0 Å². The smallest absolute Gasteiger partial charge is 0.313 e. The summed E-state index contributed by atoms with van der Waals surface area (Å²) in [6, 6.07) is 13.8. The molecule has 1 saturated heterocycles. The largest absolute Gasteiger partial charge is 0.372 e. The Labute approximate surface area is 175 Å². The summed E-state index contributed by atoms with van der Waals surface area (Å²) in [5.74, 6) is -1.52. The average Bonchev–Trinajstić information content (AvgIpc) is 2.78. The molecule has 2 aromatic carbocycles. The van der Waals surface area contributed by atoms with Gasteiger partial charge in [-0.25, -0.2) is 0 Å². The fourth-order valence-electron chi connectivity index (χ4n) is 3.45. The number of piperidine rings is 1. The molecule has 0 atom stereocenters. The molecule has 0 aliphatic carbocycles. The number of nitro benzene ring substituents is 1. The molecular weight excluding hydrogens is 384 g/mol. The first kappa shape index (κ1) is 21.3. The molecule has 0 saturated carbocycles. The lowest BCUT2D eigenvalue weighted by atomic mass is 10.1. The van der Waals surface area contributed by atoms with Crippen LogP contribution in [0.5, 0.6) is 0 Å². The molecule has 1 fully saturated rings. The van der Waals surface area contributed by atoms with Gasteiger partial charge in [0.2, 0.25) is 0 Å². The number of carbonyl (C=O) groups is 2. The number of nitro groups is 1. The van der Waals surface area contributed by atoms with Crippen LogP contribution in [0.15, 0.2) is 48.5 Å². The van der Waals surface area contributed by atoms with Gasteiger partial charge in [0.25, 0.3) is 5.69 Å². The number of hydrogen-bond acceptors (Lipinski definition) is 5. The van der Waals surface area contributed by atoms with Crippen molar-refractivity contribution in [1.29, 1.82) is 0 Å². The van der Waals surface area contributed by atoms with Crippen molar-refractivity contribution >= 4 is 28.9 Å². The van der Waals surface area contributed by atoms with Crippen molar-refractivity contribution in [1.82, 2.24) is 5.32 Å². The quantitative estimate of drug-likeness (QED) is 0.315. The number of amides is 2. The number of nitrogens with zero attached hydrogens (tertiary/aromatic N) is 2. The lowest BCUT2D eigenvalue weighted by Gasteiger charge is -2.28. The fraction of sp³-hybridized carbons (Fsp3) is 0.364. The van der Waals surface area contributed by atoms with E-state index in [0.717, 1.165) is 25.9 Å². The summed E-state index contributed by atoms with van der Waals surface area (Å²) < 4.78 is 0. The summed E-state index contributed by atoms with van der Waals surface area (Å²) in [5.41, 5.74) is 2.70. The van der Waals surface area contributed by atoms with Gasteiger partial charge in [-0.15, -0.1) is 0 Å². The highest BCUT2D eigenvalue weighted by molar-refractivity contribution is 6.39. The lowest BCUT2D eigenvalue weighted by molar-refractivity contribution is -0.384. The fourth-order valence-corrected chi connectivity index (χ4v) is 3.45. The first-order chi connectivity index (χ1) is 14.5. The highest BCUT2D eigenvalue weighted by Crippen LogP contribution is 2.20. The Hall–Kier alpha value is -3.42. The molecule has 8 nitrogen and oxygen atoms in total. The number of rotatable bonds is 7. The standard InChI is InChI=1S/C22H26N4O4/c27-21(22(28)24-18-8-12-20(13-9-18)26(29)30)23-14-4-5-17-6-10-19(11-7-17)25-15-2-1-3-16-25/h6-13H,1-5,14-16H2,(H,23,27)(H,24,28). The number of hydrogen-bond donors (Lipinski definition) is 2. The maximum absolute atomic E-state index is 11.9. The summed E-state index contributed by atoms with van der Waals surface area (Å²) in [6.07, 6.45) is 5.34. The van der Waals surface area contributed by atoms with E-state index in [9.17, 15) is 19.7 Å². The number of anilines is 2. The van der Waals surface area contributed by atoms with Crippen molar-refractivity contribution in [2.45, 2.75) is 32.1 Å². The summed E-state index contributed by atoms with van der Waals surface area (Å²) in [5, 5.41) is 15.7. The van der Waals surface area contributed by atoms with Crippen LogP contribution < -0.4 is 15.5 Å². The van der Waals surface area contributed by atoms with Crippen molar-refractivity contribution in [2.75, 3.05) is 29.9 Å². The topological polar surface area (TPSA) is 105 Å². The van der Waals surface area contributed by atoms with Crippen LogP contribution in [-0.2, 0) is 16.0 Å². The molecule has 2 aromatic rings. The molecule has 30 heavy (non-hydrogen) atoms. The zero-order chi connectivity index (χ0) is 21.3. The van der Waals surface area contributed by atoms with Crippen LogP contribution in [0.3, 0.4) is 0 Å². The third-order valence-corrected chi connectivity index (χ3v) is 5.13. The second kappa shape index (κ2) is 10.4. The van der Waals surface area contributed by atoms with Crippen LogP contribution in [0.4, 0.5) is 17.1 Å². The maximum atomic E-state index is 11.9. The Morgan fingerprint density at radius 1 is 0.933 bits per heavy atom. The molecule has 8 heteroatoms. The Morgan fingerprint density at radius 3 is 2.23 bits per heavy atom. The molecular formula is C22H26N4O4. The van der Waals surface area contributed by atoms with Crippen molar-refractivity contribution in [3.05, 3.63) is 64.2 Å². The van der Waals surface area contributed by atoms with E-state index in [2.05, 4.69) is 39.8 Å². The van der Waals surface area contributed by atoms with Crippen LogP contribution >= 0.6 is 0 Å². The molecule has 0 bridgehead atoms. The molecule has 0 aromatic heterocycles. The van der Waals surface area contributed by atoms with E-state index in [0.29, 0.717) is 12.2 Å². The van der Waals surface area contributed by atoms with E-state index in [1.54, 1.807) is 0 Å². The van der Waals surface area contributed by atoms with Gasteiger partial charge in [0.05, 0.1) is 4.92 Å². The minimum absolute atomic E-state index is 0.0820. The van der Waals surface area contributed by atoms with Gasteiger partial charge in [-0.3, -0.25) is 19.7 Å². The number of non-ortho nitro benzene ring substituents is 1. The third-order valence-electron chi connectivity index (χ3n) is 5.13. The highest BCUT2D eigenvalue weighted by Gasteiger charge is 2.14. The zero-order valence-corrected chi connectivity index (χ0v) is 16.8. The van der Waals surface area contributed by atoms with Crippen molar-refractivity contribution < 1.29 is 14.5 Å². The van der Waals surface area contributed by atoms with E-state index >= 15 is 0 Å². The zero-order valence-electron chi connectivity index (χ0n) is 16.8. The second-order valence-corrected chi connectivity index (χ2v) is 7.33. The van der Waals surface area contributed by atoms with Crippen molar-refractivity contribution in [2.24, 2.45) is 0 Å². The highest BCUT2D eigenvalue weighted by atomic mass is 16.6. The van der Waals surface area contributed by atoms with Crippen LogP contribution in [0.2, 0.25) is 0 Å². The Kier molecular flexibility index (Phi) is 7.37. The summed E-state index contributed by atoms with van der Waals surface area (Å²) in [4.78, 5) is 36.4. The summed E-state index contributed by atoms with van der Waals surface area (Å²) in [6.45, 7) is 2.63. The van der Waals surface area contributed by atoms with Crippen LogP contribution in [-0.4, -0.2) is 36.4 Å². The van der Waals surface area contributed by atoms with Crippen LogP contribution in [0.1, 0.15) is 31.2 Å². The van der Waals surface area contributed by atoms with Gasteiger partial charge in [-0.05, 0) is 61.9 Å². The van der Waals surface area contributed by atoms with E-state index < -0.39 is 16.7 Å². The third kappa shape index (κ3) is 6.04. The molecule has 2 N–H and O–H groups in total. The Bertz CT molecular complexity index is 875. The van der Waals surface area contributed by atoms with E-state index in [1.807, 2.05) is 0 Å². The van der Waals surface area contributed by atoms with Crippen LogP contribution in [0.25, 0.3) is 0 Å². The number of nitrogens with one attached hydrogen (secondary N) is 2. The van der Waals surface area contributed by atoms with E-state index in [1.165, 1.54) is 54.8 Å². The van der Waals surface area contributed by atoms with Gasteiger partial charge in [-0.1, -0.05) is 12.1 Å². The van der Waals surface area contributed by atoms with Gasteiger partial charge < -0.3 is 15.5 Å². The number of aryl methyl sites for hydroxylation is 1. The number of benzene rings is 2. The summed E-state index contributed by atoms with van der Waals surface area (Å²) in [7, 11) is 0. The maximum Gasteiger partial charge on any atom is 0.313 e. The molecule has 158 valence electrons. The normalized spacial score (nSPS) is 13.5. The van der Waals surface area contributed by atoms with Crippen LogP contribution in [0, 0.1) is 10.1 Å². The molecule has 1 aliphatic heterocycles. The van der Waals surface area contributed by atoms with E-state index in [-0.39, 0.29) is 5.69 Å². The molecule has 0 unspecified atom stereocenters. The minimum Gasteiger partial charge on any atom is -0.372 e. The average molecular weight is 410 g/mol. The van der Waals surface area contributed by atoms with Crippen molar-refractivity contribution in [3.63, 3.8) is 0 Å². The van der Waals surface area contributed by atoms with E-state index in [4.69, 9.17) is 0 Å². The Morgan fingerprint density at radius 2 is 1.60 bits per heavy atom. The van der Waals surface area contributed by atoms with Crippen molar-refractivity contribution in [3.8, 4) is 0 Å². The predicted octanol–water partition coefficient (Wildman–Crippen LogP) is 3.27. The molecule has 3 rings (SSSR count). The monoisotopic (exact) mass is 410 g/mol. The predicted molar refractivity (Wildman–Crippen MR) is 116 cm³/mol. The van der Waals surface area contributed by atoms with Gasteiger partial charge in [0, 0.05) is 43.1 Å². The first-order valence-electron chi connectivity index (χ1n) is 10.2. The molecule has 1 heterocycles. The minimum atomic E-state index is -0.797. The number of carbonyl (C=O) groups excluding carboxylic acids is 2. The molecule has 2 amide bonds. The first-order valence-corrected chi connectivity index (χ1v) is 10.2. The lowest BCUT2D eigenvalue weighted by Crippen LogP contribution is -2.36. The SMILES string of the molecule is O=C(NCCCc1ccc(N2CCCCC2)cc1)C(=O)Nc1ccc([N+](=O)[O-])cc1. The second-order valence-electron chi connectivity index (χ2n) is 7.33.